The van der Waals surface area contributed by atoms with Gasteiger partial charge in [-0.2, -0.15) is 5.26 Å². The largest absolute Gasteiger partial charge is 0.573 e. The lowest BCUT2D eigenvalue weighted by molar-refractivity contribution is -0.274. The molecule has 5 heteroatoms. The molecule has 1 aromatic rings. The summed E-state index contributed by atoms with van der Waals surface area (Å²) in [4.78, 5) is 0. The Morgan fingerprint density at radius 2 is 2.00 bits per heavy atom. The Hall–Kier alpha value is -1.70. The molecule has 1 atom stereocenters. The Balaban J connectivity index is 2.96. The molecule has 0 aliphatic carbocycles. The molecule has 0 amide bonds. The van der Waals surface area contributed by atoms with Crippen LogP contribution in [0.3, 0.4) is 0 Å². The van der Waals surface area contributed by atoms with Crippen molar-refractivity contribution in [3.63, 3.8) is 0 Å². The summed E-state index contributed by atoms with van der Waals surface area (Å²) in [6.45, 7) is 3.86. The zero-order valence-electron chi connectivity index (χ0n) is 10.2. The first-order valence-corrected chi connectivity index (χ1v) is 5.56. The smallest absolute Gasteiger partial charge is 0.406 e. The van der Waals surface area contributed by atoms with Gasteiger partial charge in [0.2, 0.25) is 0 Å². The molecule has 18 heavy (non-hydrogen) atoms. The molecule has 0 radical (unpaired) electrons. The highest BCUT2D eigenvalue weighted by molar-refractivity contribution is 5.31. The van der Waals surface area contributed by atoms with E-state index in [2.05, 4.69) is 10.8 Å². The maximum absolute atomic E-state index is 12.1. The first-order valence-electron chi connectivity index (χ1n) is 5.56. The summed E-state index contributed by atoms with van der Waals surface area (Å²) in [6, 6.07) is 7.86. The van der Waals surface area contributed by atoms with Gasteiger partial charge < -0.3 is 4.74 Å². The van der Waals surface area contributed by atoms with E-state index >= 15 is 0 Å². The van der Waals surface area contributed by atoms with E-state index in [0.717, 1.165) is 0 Å². The van der Waals surface area contributed by atoms with Gasteiger partial charge in [0.05, 0.1) is 6.07 Å². The summed E-state index contributed by atoms with van der Waals surface area (Å²) >= 11 is 0. The summed E-state index contributed by atoms with van der Waals surface area (Å²) in [5, 5.41) is 8.74. The molecule has 0 saturated heterocycles. The van der Waals surface area contributed by atoms with Crippen molar-refractivity contribution in [3.05, 3.63) is 29.8 Å². The Morgan fingerprint density at radius 3 is 2.50 bits per heavy atom. The van der Waals surface area contributed by atoms with Gasteiger partial charge in [-0.15, -0.1) is 13.2 Å². The number of hydrogen-bond donors (Lipinski definition) is 0. The molecule has 0 spiro atoms. The highest BCUT2D eigenvalue weighted by Crippen LogP contribution is 2.31. The van der Waals surface area contributed by atoms with Crippen molar-refractivity contribution in [2.45, 2.75) is 32.5 Å². The molecule has 0 aromatic heterocycles. The van der Waals surface area contributed by atoms with Gasteiger partial charge in [-0.05, 0) is 29.5 Å². The van der Waals surface area contributed by atoms with Crippen molar-refractivity contribution in [1.82, 2.24) is 0 Å². The minimum absolute atomic E-state index is 0.0909. The van der Waals surface area contributed by atoms with Crippen LogP contribution in [0.15, 0.2) is 24.3 Å². The van der Waals surface area contributed by atoms with Crippen molar-refractivity contribution in [2.75, 3.05) is 0 Å². The third-order valence-electron chi connectivity index (χ3n) is 2.64. The quantitative estimate of drug-likeness (QED) is 0.808. The summed E-state index contributed by atoms with van der Waals surface area (Å²) in [5.74, 6) is -0.166. The lowest BCUT2D eigenvalue weighted by atomic mass is 9.86. The average Bonchev–Trinajstić information content (AvgIpc) is 2.23. The predicted molar refractivity (Wildman–Crippen MR) is 60.9 cm³/mol. The lowest BCUT2D eigenvalue weighted by Crippen LogP contribution is -2.17. The van der Waals surface area contributed by atoms with E-state index < -0.39 is 6.36 Å². The summed E-state index contributed by atoms with van der Waals surface area (Å²) in [6.07, 6.45) is -4.42. The first kappa shape index (κ1) is 14.4. The van der Waals surface area contributed by atoms with E-state index in [1.807, 2.05) is 13.8 Å². The van der Waals surface area contributed by atoms with E-state index in [1.54, 1.807) is 6.07 Å². The number of hydrogen-bond acceptors (Lipinski definition) is 2. The normalized spacial score (nSPS) is 13.2. The van der Waals surface area contributed by atoms with Gasteiger partial charge in [0, 0.05) is 6.42 Å². The second kappa shape index (κ2) is 5.76. The highest BCUT2D eigenvalue weighted by Gasteiger charge is 2.31. The monoisotopic (exact) mass is 257 g/mol. The standard InChI is InChI=1S/C13H14F3NO/c1-9(2)12(6-7-17)10-4-3-5-11(8-10)18-13(14,15)16/h3-5,8-9,12H,6H2,1-2H3. The van der Waals surface area contributed by atoms with Crippen LogP contribution in [0.5, 0.6) is 5.75 Å². The van der Waals surface area contributed by atoms with E-state index in [-0.39, 0.29) is 24.0 Å². The molecule has 1 unspecified atom stereocenters. The van der Waals surface area contributed by atoms with Crippen molar-refractivity contribution in [3.8, 4) is 11.8 Å². The molecule has 0 bridgehead atoms. The Kier molecular flexibility index (Phi) is 4.60. The Bertz CT molecular complexity index is 435. The number of halogens is 3. The van der Waals surface area contributed by atoms with Crippen molar-refractivity contribution < 1.29 is 17.9 Å². The van der Waals surface area contributed by atoms with Gasteiger partial charge in [-0.1, -0.05) is 26.0 Å². The molecule has 0 heterocycles. The van der Waals surface area contributed by atoms with E-state index in [4.69, 9.17) is 5.26 Å². The van der Waals surface area contributed by atoms with Gasteiger partial charge >= 0.3 is 6.36 Å². The van der Waals surface area contributed by atoms with Crippen LogP contribution in [0, 0.1) is 17.2 Å². The average molecular weight is 257 g/mol. The third kappa shape index (κ3) is 4.28. The van der Waals surface area contributed by atoms with Crippen LogP contribution in [0.4, 0.5) is 13.2 Å². The van der Waals surface area contributed by atoms with E-state index in [1.165, 1.54) is 18.2 Å². The molecular weight excluding hydrogens is 243 g/mol. The number of nitriles is 1. The molecule has 0 aliphatic rings. The van der Waals surface area contributed by atoms with Crippen molar-refractivity contribution in [2.24, 2.45) is 5.92 Å². The lowest BCUT2D eigenvalue weighted by Gasteiger charge is -2.19. The third-order valence-corrected chi connectivity index (χ3v) is 2.64. The Morgan fingerprint density at radius 1 is 1.33 bits per heavy atom. The fourth-order valence-corrected chi connectivity index (χ4v) is 1.78. The maximum atomic E-state index is 12.1. The van der Waals surface area contributed by atoms with Gasteiger partial charge in [-0.25, -0.2) is 0 Å². The minimum atomic E-state index is -4.69. The fraction of sp³-hybridized carbons (Fsp3) is 0.462. The number of benzene rings is 1. The second-order valence-electron chi connectivity index (χ2n) is 4.33. The van der Waals surface area contributed by atoms with Crippen LogP contribution in [-0.4, -0.2) is 6.36 Å². The minimum Gasteiger partial charge on any atom is -0.406 e. The van der Waals surface area contributed by atoms with Gasteiger partial charge in [0.15, 0.2) is 0 Å². The van der Waals surface area contributed by atoms with E-state index in [0.29, 0.717) is 5.56 Å². The van der Waals surface area contributed by atoms with Crippen LogP contribution in [0.1, 0.15) is 31.7 Å². The summed E-state index contributed by atoms with van der Waals surface area (Å²) in [5.41, 5.74) is 0.688. The van der Waals surface area contributed by atoms with Crippen LogP contribution in [0.25, 0.3) is 0 Å². The van der Waals surface area contributed by atoms with Crippen LogP contribution in [-0.2, 0) is 0 Å². The number of nitrogens with zero attached hydrogens (tertiary/aromatic N) is 1. The molecule has 0 aliphatic heterocycles. The molecule has 0 N–H and O–H groups in total. The van der Waals surface area contributed by atoms with Crippen molar-refractivity contribution >= 4 is 0 Å². The number of rotatable bonds is 4. The van der Waals surface area contributed by atoms with Gasteiger partial charge in [0.25, 0.3) is 0 Å². The molecule has 1 aromatic carbocycles. The van der Waals surface area contributed by atoms with Gasteiger partial charge in [-0.3, -0.25) is 0 Å². The highest BCUT2D eigenvalue weighted by atomic mass is 19.4. The van der Waals surface area contributed by atoms with Crippen LogP contribution >= 0.6 is 0 Å². The fourth-order valence-electron chi connectivity index (χ4n) is 1.78. The molecule has 2 nitrogen and oxygen atoms in total. The zero-order chi connectivity index (χ0) is 13.8. The molecule has 0 saturated carbocycles. The Labute approximate surface area is 104 Å². The van der Waals surface area contributed by atoms with Crippen LogP contribution < -0.4 is 4.74 Å². The van der Waals surface area contributed by atoms with Crippen molar-refractivity contribution in [1.29, 1.82) is 5.26 Å². The molecule has 98 valence electrons. The molecule has 1 rings (SSSR count). The maximum Gasteiger partial charge on any atom is 0.573 e. The molecular formula is C13H14F3NO. The topological polar surface area (TPSA) is 33.0 Å². The summed E-state index contributed by atoms with van der Waals surface area (Å²) < 4.78 is 40.2. The van der Waals surface area contributed by atoms with E-state index in [9.17, 15) is 13.2 Å². The summed E-state index contributed by atoms with van der Waals surface area (Å²) in [7, 11) is 0. The van der Waals surface area contributed by atoms with Gasteiger partial charge in [0.1, 0.15) is 5.75 Å². The number of alkyl halides is 3. The first-order chi connectivity index (χ1) is 8.33. The molecule has 0 fully saturated rings. The predicted octanol–water partition coefficient (Wildman–Crippen LogP) is 4.24. The SMILES string of the molecule is CC(C)C(CC#N)c1cccc(OC(F)(F)F)c1. The van der Waals surface area contributed by atoms with Crippen LogP contribution in [0.2, 0.25) is 0 Å². The number of ether oxygens (including phenoxy) is 1. The second-order valence-corrected chi connectivity index (χ2v) is 4.33. The zero-order valence-corrected chi connectivity index (χ0v) is 10.2.